The second-order valence-electron chi connectivity index (χ2n) is 4.36. The highest BCUT2D eigenvalue weighted by molar-refractivity contribution is 4.72. The molecule has 0 spiro atoms. The maximum Gasteiger partial charge on any atom is 0.0791 e. The van der Waals surface area contributed by atoms with E-state index in [9.17, 15) is 5.11 Å². The summed E-state index contributed by atoms with van der Waals surface area (Å²) in [6, 6.07) is 0.0758. The number of rotatable bonds is 7. The van der Waals surface area contributed by atoms with Gasteiger partial charge in [0.2, 0.25) is 0 Å². The van der Waals surface area contributed by atoms with Gasteiger partial charge >= 0.3 is 0 Å². The van der Waals surface area contributed by atoms with E-state index < -0.39 is 0 Å². The van der Waals surface area contributed by atoms with E-state index in [-0.39, 0.29) is 18.8 Å². The molecule has 0 radical (unpaired) electrons. The minimum absolute atomic E-state index is 0.0758. The summed E-state index contributed by atoms with van der Waals surface area (Å²) < 4.78 is 0. The molecule has 0 saturated carbocycles. The van der Waals surface area contributed by atoms with E-state index in [0.717, 1.165) is 0 Å². The number of nitrogens with one attached hydrogen (secondary N) is 1. The van der Waals surface area contributed by atoms with Gasteiger partial charge in [-0.25, -0.2) is 0 Å². The van der Waals surface area contributed by atoms with E-state index in [1.165, 1.54) is 0 Å². The molecular weight excluding hydrogens is 180 g/mol. The Bertz CT molecular complexity index is 140. The van der Waals surface area contributed by atoms with Crippen LogP contribution in [0.1, 0.15) is 13.8 Å². The van der Waals surface area contributed by atoms with Crippen molar-refractivity contribution in [3.63, 3.8) is 0 Å². The Hall–Kier alpha value is -0.160. The third kappa shape index (κ3) is 6.32. The number of hydrogen-bond donors (Lipinski definition) is 3. The van der Waals surface area contributed by atoms with Crippen LogP contribution in [0, 0.1) is 5.92 Å². The van der Waals surface area contributed by atoms with Crippen molar-refractivity contribution in [1.29, 1.82) is 0 Å². The number of aliphatic hydroxyl groups excluding tert-OH is 2. The molecule has 2 atom stereocenters. The molecule has 14 heavy (non-hydrogen) atoms. The van der Waals surface area contributed by atoms with Crippen LogP contribution in [0.15, 0.2) is 0 Å². The average molecular weight is 204 g/mol. The molecule has 0 rings (SSSR count). The predicted molar refractivity (Wildman–Crippen MR) is 58.3 cm³/mol. The lowest BCUT2D eigenvalue weighted by Crippen LogP contribution is -2.43. The first-order valence-electron chi connectivity index (χ1n) is 5.14. The molecule has 0 bridgehead atoms. The van der Waals surface area contributed by atoms with Gasteiger partial charge in [-0.1, -0.05) is 13.8 Å². The van der Waals surface area contributed by atoms with Crippen molar-refractivity contribution < 1.29 is 10.2 Å². The Labute approximate surface area is 86.9 Å². The fourth-order valence-corrected chi connectivity index (χ4v) is 1.28. The van der Waals surface area contributed by atoms with Gasteiger partial charge in [0.15, 0.2) is 0 Å². The van der Waals surface area contributed by atoms with Crippen LogP contribution in [-0.2, 0) is 0 Å². The number of nitrogens with zero attached hydrogens (tertiary/aromatic N) is 1. The summed E-state index contributed by atoms with van der Waals surface area (Å²) in [5, 5.41) is 21.7. The van der Waals surface area contributed by atoms with Gasteiger partial charge in [0.25, 0.3) is 0 Å². The SMILES string of the molecule is CC(C)[C@@H](CO)NCC(O)CN(C)C. The van der Waals surface area contributed by atoms with Gasteiger partial charge in [0.1, 0.15) is 0 Å². The molecule has 4 heteroatoms. The van der Waals surface area contributed by atoms with Crippen LogP contribution in [-0.4, -0.2) is 61.1 Å². The standard InChI is InChI=1S/C10H24N2O2/c1-8(2)10(7-13)11-5-9(14)6-12(3)4/h8-11,13-14H,5-7H2,1-4H3/t9?,10-/m1/s1. The first-order chi connectivity index (χ1) is 6.47. The van der Waals surface area contributed by atoms with Crippen LogP contribution < -0.4 is 5.32 Å². The van der Waals surface area contributed by atoms with E-state index in [1.54, 1.807) is 0 Å². The second-order valence-corrected chi connectivity index (χ2v) is 4.36. The maximum atomic E-state index is 9.56. The zero-order valence-electron chi connectivity index (χ0n) is 9.70. The van der Waals surface area contributed by atoms with Gasteiger partial charge < -0.3 is 20.4 Å². The first kappa shape index (κ1) is 13.8. The zero-order chi connectivity index (χ0) is 11.1. The number of aliphatic hydroxyl groups is 2. The molecule has 4 nitrogen and oxygen atoms in total. The fourth-order valence-electron chi connectivity index (χ4n) is 1.28. The van der Waals surface area contributed by atoms with Crippen LogP contribution in [0.25, 0.3) is 0 Å². The third-order valence-corrected chi connectivity index (χ3v) is 2.19. The summed E-state index contributed by atoms with van der Waals surface area (Å²) >= 11 is 0. The van der Waals surface area contributed by atoms with E-state index in [0.29, 0.717) is 19.0 Å². The predicted octanol–water partition coefficient (Wildman–Crippen LogP) is -0.485. The minimum Gasteiger partial charge on any atom is -0.395 e. The lowest BCUT2D eigenvalue weighted by Gasteiger charge is -2.23. The Morgan fingerprint density at radius 3 is 2.21 bits per heavy atom. The van der Waals surface area contributed by atoms with Crippen LogP contribution in [0.3, 0.4) is 0 Å². The third-order valence-electron chi connectivity index (χ3n) is 2.19. The summed E-state index contributed by atoms with van der Waals surface area (Å²) in [6.07, 6.45) is -0.377. The Morgan fingerprint density at radius 2 is 1.86 bits per heavy atom. The van der Waals surface area contributed by atoms with Gasteiger partial charge in [-0.3, -0.25) is 0 Å². The van der Waals surface area contributed by atoms with Gasteiger partial charge in [0.05, 0.1) is 12.7 Å². The quantitative estimate of drug-likeness (QED) is 0.524. The van der Waals surface area contributed by atoms with Crippen molar-refractivity contribution in [2.45, 2.75) is 26.0 Å². The van der Waals surface area contributed by atoms with Crippen molar-refractivity contribution in [1.82, 2.24) is 10.2 Å². The fraction of sp³-hybridized carbons (Fsp3) is 1.00. The summed E-state index contributed by atoms with van der Waals surface area (Å²) in [5.41, 5.74) is 0. The zero-order valence-corrected chi connectivity index (χ0v) is 9.70. The van der Waals surface area contributed by atoms with E-state index in [2.05, 4.69) is 5.32 Å². The van der Waals surface area contributed by atoms with Gasteiger partial charge in [-0.05, 0) is 20.0 Å². The minimum atomic E-state index is -0.377. The van der Waals surface area contributed by atoms with E-state index in [4.69, 9.17) is 5.11 Å². The second kappa shape index (κ2) is 7.17. The molecule has 0 saturated heterocycles. The molecule has 0 fully saturated rings. The smallest absolute Gasteiger partial charge is 0.0791 e. The molecule has 0 aliphatic rings. The highest BCUT2D eigenvalue weighted by Gasteiger charge is 2.13. The number of hydrogen-bond acceptors (Lipinski definition) is 4. The molecular formula is C10H24N2O2. The molecule has 0 heterocycles. The van der Waals surface area contributed by atoms with E-state index in [1.807, 2.05) is 32.8 Å². The van der Waals surface area contributed by atoms with Crippen LogP contribution in [0.5, 0.6) is 0 Å². The number of likely N-dealkylation sites (N-methyl/N-ethyl adjacent to an activating group) is 1. The topological polar surface area (TPSA) is 55.7 Å². The molecule has 0 aromatic rings. The average Bonchev–Trinajstić information content (AvgIpc) is 2.03. The maximum absolute atomic E-state index is 9.56. The Balaban J connectivity index is 3.68. The lowest BCUT2D eigenvalue weighted by molar-refractivity contribution is 0.120. The highest BCUT2D eigenvalue weighted by Crippen LogP contribution is 2.00. The van der Waals surface area contributed by atoms with Crippen molar-refractivity contribution in [3.8, 4) is 0 Å². The summed E-state index contributed by atoms with van der Waals surface area (Å²) in [7, 11) is 3.85. The van der Waals surface area contributed by atoms with Crippen LogP contribution in [0.2, 0.25) is 0 Å². The van der Waals surface area contributed by atoms with Crippen molar-refractivity contribution in [2.75, 3.05) is 33.8 Å². The largest absolute Gasteiger partial charge is 0.395 e. The summed E-state index contributed by atoms with van der Waals surface area (Å²) in [4.78, 5) is 1.94. The van der Waals surface area contributed by atoms with Crippen LogP contribution >= 0.6 is 0 Å². The van der Waals surface area contributed by atoms with Gasteiger partial charge in [-0.15, -0.1) is 0 Å². The molecule has 0 aliphatic heterocycles. The molecule has 1 unspecified atom stereocenters. The summed E-state index contributed by atoms with van der Waals surface area (Å²) in [6.45, 7) is 5.38. The van der Waals surface area contributed by atoms with Gasteiger partial charge in [-0.2, -0.15) is 0 Å². The van der Waals surface area contributed by atoms with Crippen molar-refractivity contribution in [3.05, 3.63) is 0 Å². The van der Waals surface area contributed by atoms with Gasteiger partial charge in [0, 0.05) is 19.1 Å². The molecule has 86 valence electrons. The summed E-state index contributed by atoms with van der Waals surface area (Å²) in [5.74, 6) is 0.381. The monoisotopic (exact) mass is 204 g/mol. The molecule has 3 N–H and O–H groups in total. The van der Waals surface area contributed by atoms with Crippen molar-refractivity contribution in [2.24, 2.45) is 5.92 Å². The molecule has 0 amide bonds. The molecule has 0 aromatic carbocycles. The molecule has 0 aliphatic carbocycles. The lowest BCUT2D eigenvalue weighted by atomic mass is 10.1. The Kier molecular flexibility index (Phi) is 7.09. The normalized spacial score (nSPS) is 16.3. The first-order valence-corrected chi connectivity index (χ1v) is 5.14. The van der Waals surface area contributed by atoms with Crippen molar-refractivity contribution >= 4 is 0 Å². The highest BCUT2D eigenvalue weighted by atomic mass is 16.3. The van der Waals surface area contributed by atoms with E-state index >= 15 is 0 Å². The molecule has 0 aromatic heterocycles. The van der Waals surface area contributed by atoms with Crippen LogP contribution in [0.4, 0.5) is 0 Å². The Morgan fingerprint density at radius 1 is 1.29 bits per heavy atom.